The number of halogens is 2. The predicted octanol–water partition coefficient (Wildman–Crippen LogP) is 4.06. The average Bonchev–Trinajstić information content (AvgIpc) is 2.34. The van der Waals surface area contributed by atoms with E-state index in [1.807, 2.05) is 25.1 Å². The van der Waals surface area contributed by atoms with Crippen molar-refractivity contribution in [2.24, 2.45) is 5.73 Å². The number of hydrogen-bond donors (Lipinski definition) is 1. The molecule has 0 radical (unpaired) electrons. The van der Waals surface area contributed by atoms with Gasteiger partial charge in [0.25, 0.3) is 0 Å². The molecule has 2 aromatic rings. The zero-order chi connectivity index (χ0) is 13.1. The van der Waals surface area contributed by atoms with Gasteiger partial charge in [-0.2, -0.15) is 0 Å². The van der Waals surface area contributed by atoms with Crippen molar-refractivity contribution in [1.82, 2.24) is 4.98 Å². The lowest BCUT2D eigenvalue weighted by molar-refractivity contribution is 0.453. The second-order valence-electron chi connectivity index (χ2n) is 3.83. The first-order valence-corrected chi connectivity index (χ1v) is 6.55. The van der Waals surface area contributed by atoms with Gasteiger partial charge in [0.15, 0.2) is 0 Å². The molecule has 5 heteroatoms. The van der Waals surface area contributed by atoms with Gasteiger partial charge in [0, 0.05) is 27.8 Å². The van der Waals surface area contributed by atoms with Crippen molar-refractivity contribution in [1.29, 1.82) is 0 Å². The van der Waals surface area contributed by atoms with Crippen molar-refractivity contribution in [3.63, 3.8) is 0 Å². The molecule has 0 spiro atoms. The molecule has 3 nitrogen and oxygen atoms in total. The first kappa shape index (κ1) is 13.3. The minimum atomic E-state index is 0.369. The van der Waals surface area contributed by atoms with Crippen LogP contribution >= 0.6 is 27.5 Å². The molecule has 1 aromatic carbocycles. The second-order valence-corrected chi connectivity index (χ2v) is 5.19. The molecule has 18 heavy (non-hydrogen) atoms. The first-order chi connectivity index (χ1) is 8.60. The van der Waals surface area contributed by atoms with E-state index in [-0.39, 0.29) is 0 Å². The number of pyridine rings is 1. The highest BCUT2D eigenvalue weighted by atomic mass is 79.9. The lowest BCUT2D eigenvalue weighted by atomic mass is 10.2. The Kier molecular flexibility index (Phi) is 4.22. The number of benzene rings is 1. The van der Waals surface area contributed by atoms with Crippen LogP contribution in [0.2, 0.25) is 5.02 Å². The summed E-state index contributed by atoms with van der Waals surface area (Å²) in [6.45, 7) is 2.30. The molecule has 0 aliphatic carbocycles. The summed E-state index contributed by atoms with van der Waals surface area (Å²) in [6, 6.07) is 7.35. The minimum absolute atomic E-state index is 0.369. The van der Waals surface area contributed by atoms with Gasteiger partial charge >= 0.3 is 0 Å². The molecule has 0 fully saturated rings. The van der Waals surface area contributed by atoms with E-state index in [9.17, 15) is 0 Å². The molecule has 0 saturated heterocycles. The third-order valence-corrected chi connectivity index (χ3v) is 3.12. The summed E-state index contributed by atoms with van der Waals surface area (Å²) < 4.78 is 6.65. The Bertz CT molecular complexity index is 575. The quantitative estimate of drug-likeness (QED) is 0.925. The molecule has 0 atom stereocenters. The van der Waals surface area contributed by atoms with Gasteiger partial charge in [-0.3, -0.25) is 0 Å². The Morgan fingerprint density at radius 1 is 1.39 bits per heavy atom. The Hall–Kier alpha value is -1.10. The molecule has 0 aliphatic heterocycles. The van der Waals surface area contributed by atoms with Crippen LogP contribution in [0.25, 0.3) is 0 Å². The molecule has 0 bridgehead atoms. The van der Waals surface area contributed by atoms with Crippen LogP contribution in [0.4, 0.5) is 0 Å². The van der Waals surface area contributed by atoms with Crippen molar-refractivity contribution >= 4 is 27.5 Å². The van der Waals surface area contributed by atoms with Crippen molar-refractivity contribution in [3.05, 3.63) is 51.1 Å². The number of nitrogens with two attached hydrogens (primary N) is 1. The van der Waals surface area contributed by atoms with Gasteiger partial charge in [0.1, 0.15) is 5.75 Å². The van der Waals surface area contributed by atoms with Crippen molar-refractivity contribution < 1.29 is 4.74 Å². The van der Waals surface area contributed by atoms with Gasteiger partial charge in [-0.1, -0.05) is 11.6 Å². The molecule has 1 heterocycles. The Morgan fingerprint density at radius 2 is 2.17 bits per heavy atom. The van der Waals surface area contributed by atoms with E-state index >= 15 is 0 Å². The molecule has 0 amide bonds. The van der Waals surface area contributed by atoms with E-state index in [1.54, 1.807) is 12.3 Å². The van der Waals surface area contributed by atoms with Gasteiger partial charge in [-0.25, -0.2) is 4.98 Å². The van der Waals surface area contributed by atoms with Gasteiger partial charge in [-0.15, -0.1) is 0 Å². The third-order valence-electron chi connectivity index (χ3n) is 2.46. The van der Waals surface area contributed by atoms with Crippen LogP contribution < -0.4 is 10.5 Å². The molecule has 2 rings (SSSR count). The number of nitrogens with zero attached hydrogens (tertiary/aromatic N) is 1. The zero-order valence-corrected chi connectivity index (χ0v) is 12.1. The third kappa shape index (κ3) is 3.02. The highest BCUT2D eigenvalue weighted by Crippen LogP contribution is 2.29. The van der Waals surface area contributed by atoms with Crippen LogP contribution in [-0.4, -0.2) is 4.98 Å². The summed E-state index contributed by atoms with van der Waals surface area (Å²) in [5, 5.41) is 0.683. The van der Waals surface area contributed by atoms with E-state index in [4.69, 9.17) is 22.1 Å². The number of ether oxygens (including phenoxy) is 1. The summed E-state index contributed by atoms with van der Waals surface area (Å²) in [5.41, 5.74) is 7.47. The minimum Gasteiger partial charge on any atom is -0.438 e. The maximum atomic E-state index is 5.90. The summed E-state index contributed by atoms with van der Waals surface area (Å²) in [6.07, 6.45) is 1.68. The molecule has 1 aromatic heterocycles. The fourth-order valence-electron chi connectivity index (χ4n) is 1.54. The zero-order valence-electron chi connectivity index (χ0n) is 9.78. The molecular weight excluding hydrogens is 316 g/mol. The predicted molar refractivity (Wildman–Crippen MR) is 76.1 cm³/mol. The van der Waals surface area contributed by atoms with Crippen LogP contribution in [0, 0.1) is 6.92 Å². The van der Waals surface area contributed by atoms with Gasteiger partial charge in [-0.05, 0) is 52.7 Å². The normalized spacial score (nSPS) is 10.4. The molecular formula is C13H12BrClN2O. The molecule has 0 saturated carbocycles. The molecule has 0 unspecified atom stereocenters. The van der Waals surface area contributed by atoms with E-state index in [2.05, 4.69) is 20.9 Å². The fraction of sp³-hybridized carbons (Fsp3) is 0.154. The van der Waals surface area contributed by atoms with Crippen LogP contribution in [0.1, 0.15) is 11.1 Å². The summed E-state index contributed by atoms with van der Waals surface area (Å²) in [7, 11) is 0. The van der Waals surface area contributed by atoms with E-state index < -0.39 is 0 Å². The van der Waals surface area contributed by atoms with Crippen molar-refractivity contribution in [2.45, 2.75) is 13.5 Å². The Balaban J connectivity index is 2.33. The number of aryl methyl sites for hydroxylation is 1. The summed E-state index contributed by atoms with van der Waals surface area (Å²) >= 11 is 9.26. The Morgan fingerprint density at radius 3 is 2.83 bits per heavy atom. The van der Waals surface area contributed by atoms with Crippen LogP contribution in [-0.2, 0) is 6.54 Å². The topological polar surface area (TPSA) is 48.1 Å². The van der Waals surface area contributed by atoms with Crippen LogP contribution in [0.5, 0.6) is 11.6 Å². The van der Waals surface area contributed by atoms with E-state index in [0.717, 1.165) is 21.3 Å². The van der Waals surface area contributed by atoms with E-state index in [0.29, 0.717) is 17.4 Å². The SMILES string of the molecule is Cc1cc(Cl)ccc1Oc1ncc(Br)cc1CN. The average molecular weight is 328 g/mol. The lowest BCUT2D eigenvalue weighted by Gasteiger charge is -2.11. The van der Waals surface area contributed by atoms with Gasteiger partial charge < -0.3 is 10.5 Å². The number of rotatable bonds is 3. The van der Waals surface area contributed by atoms with Crippen LogP contribution in [0.15, 0.2) is 34.9 Å². The smallest absolute Gasteiger partial charge is 0.223 e. The summed E-state index contributed by atoms with van der Waals surface area (Å²) in [5.74, 6) is 1.25. The van der Waals surface area contributed by atoms with Gasteiger partial charge in [0.2, 0.25) is 5.88 Å². The molecule has 2 N–H and O–H groups in total. The standard InChI is InChI=1S/C13H12BrClN2O/c1-8-4-11(15)2-3-12(8)18-13-9(6-16)5-10(14)7-17-13/h2-5,7H,6,16H2,1H3. The lowest BCUT2D eigenvalue weighted by Crippen LogP contribution is -2.01. The summed E-state index contributed by atoms with van der Waals surface area (Å²) in [4.78, 5) is 4.23. The number of hydrogen-bond acceptors (Lipinski definition) is 3. The molecule has 94 valence electrons. The van der Waals surface area contributed by atoms with Crippen LogP contribution in [0.3, 0.4) is 0 Å². The Labute approximate surface area is 119 Å². The largest absolute Gasteiger partial charge is 0.438 e. The molecule has 0 aliphatic rings. The maximum Gasteiger partial charge on any atom is 0.223 e. The van der Waals surface area contributed by atoms with Gasteiger partial charge in [0.05, 0.1) is 0 Å². The maximum absolute atomic E-state index is 5.90. The fourth-order valence-corrected chi connectivity index (χ4v) is 2.14. The second kappa shape index (κ2) is 5.69. The monoisotopic (exact) mass is 326 g/mol. The van der Waals surface area contributed by atoms with Crippen molar-refractivity contribution in [2.75, 3.05) is 0 Å². The highest BCUT2D eigenvalue weighted by Gasteiger charge is 2.08. The highest BCUT2D eigenvalue weighted by molar-refractivity contribution is 9.10. The van der Waals surface area contributed by atoms with Crippen molar-refractivity contribution in [3.8, 4) is 11.6 Å². The number of aromatic nitrogens is 1. The first-order valence-electron chi connectivity index (χ1n) is 5.38. The van der Waals surface area contributed by atoms with E-state index in [1.165, 1.54) is 0 Å².